The average Bonchev–Trinajstić information content (AvgIpc) is 2.06. The Hall–Kier alpha value is -0.610. The molecule has 1 aliphatic carbocycles. The lowest BCUT2D eigenvalue weighted by molar-refractivity contribution is -0.162. The Kier molecular flexibility index (Phi) is 3.73. The fraction of sp³-hybridized carbons (Fsp3) is 0.909. The Morgan fingerprint density at radius 2 is 2.00 bits per heavy atom. The van der Waals surface area contributed by atoms with Gasteiger partial charge in [0.05, 0.1) is 12.0 Å². The van der Waals surface area contributed by atoms with Crippen molar-refractivity contribution < 1.29 is 14.6 Å². The van der Waals surface area contributed by atoms with E-state index in [9.17, 15) is 9.90 Å². The standard InChI is InChI=1S/C11H21NO3/c1-11(2,3)15-10(14)7-4-5-8(12)9(13)6-7/h7-9,13H,4-6,12H2,1-3H3/t7?,8-,9-/m1/s1. The summed E-state index contributed by atoms with van der Waals surface area (Å²) in [6.07, 6.45) is 1.25. The summed E-state index contributed by atoms with van der Waals surface area (Å²) in [5.74, 6) is -0.410. The van der Waals surface area contributed by atoms with E-state index in [4.69, 9.17) is 10.5 Å². The normalized spacial score (nSPS) is 32.5. The summed E-state index contributed by atoms with van der Waals surface area (Å²) >= 11 is 0. The number of aliphatic hydroxyl groups is 1. The van der Waals surface area contributed by atoms with Gasteiger partial charge in [0, 0.05) is 6.04 Å². The molecule has 0 bridgehead atoms. The third-order valence-corrected chi connectivity index (χ3v) is 2.61. The zero-order valence-corrected chi connectivity index (χ0v) is 9.69. The Morgan fingerprint density at radius 3 is 2.47 bits per heavy atom. The van der Waals surface area contributed by atoms with Gasteiger partial charge in [-0.2, -0.15) is 0 Å². The van der Waals surface area contributed by atoms with Gasteiger partial charge in [-0.05, 0) is 40.0 Å². The van der Waals surface area contributed by atoms with E-state index in [1.807, 2.05) is 20.8 Å². The van der Waals surface area contributed by atoms with Crippen molar-refractivity contribution in [2.45, 2.75) is 57.8 Å². The van der Waals surface area contributed by atoms with E-state index < -0.39 is 11.7 Å². The molecule has 0 heterocycles. The largest absolute Gasteiger partial charge is 0.460 e. The monoisotopic (exact) mass is 215 g/mol. The maximum Gasteiger partial charge on any atom is 0.309 e. The second-order valence-corrected chi connectivity index (χ2v) is 5.27. The van der Waals surface area contributed by atoms with Crippen LogP contribution in [-0.4, -0.2) is 28.8 Å². The predicted molar refractivity (Wildman–Crippen MR) is 57.2 cm³/mol. The van der Waals surface area contributed by atoms with E-state index in [0.717, 1.165) is 0 Å². The zero-order chi connectivity index (χ0) is 11.6. The van der Waals surface area contributed by atoms with Crippen LogP contribution in [0.25, 0.3) is 0 Å². The Bertz CT molecular complexity index is 234. The minimum absolute atomic E-state index is 0.191. The van der Waals surface area contributed by atoms with Crippen molar-refractivity contribution in [1.82, 2.24) is 0 Å². The molecular weight excluding hydrogens is 194 g/mol. The van der Waals surface area contributed by atoms with Crippen LogP contribution in [0.2, 0.25) is 0 Å². The third-order valence-electron chi connectivity index (χ3n) is 2.61. The Balaban J connectivity index is 2.48. The van der Waals surface area contributed by atoms with Crippen LogP contribution < -0.4 is 5.73 Å². The number of ether oxygens (including phenoxy) is 1. The van der Waals surface area contributed by atoms with Crippen molar-refractivity contribution in [3.63, 3.8) is 0 Å². The van der Waals surface area contributed by atoms with Gasteiger partial charge in [-0.1, -0.05) is 0 Å². The lowest BCUT2D eigenvalue weighted by atomic mass is 9.84. The van der Waals surface area contributed by atoms with Gasteiger partial charge >= 0.3 is 5.97 Å². The molecule has 4 nitrogen and oxygen atoms in total. The predicted octanol–water partition coefficient (Wildman–Crippen LogP) is 0.816. The van der Waals surface area contributed by atoms with E-state index in [0.29, 0.717) is 19.3 Å². The second kappa shape index (κ2) is 4.49. The Labute approximate surface area is 90.8 Å². The summed E-state index contributed by atoms with van der Waals surface area (Å²) in [5.41, 5.74) is 5.21. The molecule has 88 valence electrons. The van der Waals surface area contributed by atoms with E-state index in [-0.39, 0.29) is 17.9 Å². The van der Waals surface area contributed by atoms with Gasteiger partial charge in [0.2, 0.25) is 0 Å². The summed E-state index contributed by atoms with van der Waals surface area (Å²) in [6.45, 7) is 5.53. The first kappa shape index (κ1) is 12.5. The maximum atomic E-state index is 11.7. The van der Waals surface area contributed by atoms with Crippen LogP contribution in [0.5, 0.6) is 0 Å². The molecule has 0 aromatic carbocycles. The molecule has 4 heteroatoms. The highest BCUT2D eigenvalue weighted by atomic mass is 16.6. The van der Waals surface area contributed by atoms with Crippen molar-refractivity contribution in [1.29, 1.82) is 0 Å². The quantitative estimate of drug-likeness (QED) is 0.635. The molecule has 1 fully saturated rings. The molecule has 0 aliphatic heterocycles. The molecule has 0 saturated heterocycles. The van der Waals surface area contributed by atoms with Crippen molar-refractivity contribution in [2.24, 2.45) is 11.7 Å². The number of aliphatic hydroxyl groups excluding tert-OH is 1. The highest BCUT2D eigenvalue weighted by Gasteiger charge is 2.33. The van der Waals surface area contributed by atoms with E-state index >= 15 is 0 Å². The second-order valence-electron chi connectivity index (χ2n) is 5.27. The highest BCUT2D eigenvalue weighted by Crippen LogP contribution is 2.26. The van der Waals surface area contributed by atoms with Crippen molar-refractivity contribution in [3.8, 4) is 0 Å². The maximum absolute atomic E-state index is 11.7. The number of carbonyl (C=O) groups excluding carboxylic acids is 1. The molecule has 0 spiro atoms. The molecule has 0 aromatic rings. The summed E-state index contributed by atoms with van der Waals surface area (Å²) in [6, 6.07) is -0.191. The molecule has 1 rings (SSSR count). The molecule has 3 N–H and O–H groups in total. The average molecular weight is 215 g/mol. The van der Waals surface area contributed by atoms with Crippen LogP contribution in [0.15, 0.2) is 0 Å². The first-order valence-electron chi connectivity index (χ1n) is 5.46. The van der Waals surface area contributed by atoms with Crippen LogP contribution >= 0.6 is 0 Å². The third kappa shape index (κ3) is 3.80. The topological polar surface area (TPSA) is 72.5 Å². The number of hydrogen-bond acceptors (Lipinski definition) is 4. The molecule has 0 aromatic heterocycles. The lowest BCUT2D eigenvalue weighted by Crippen LogP contribution is -2.43. The molecule has 0 amide bonds. The molecular formula is C11H21NO3. The van der Waals surface area contributed by atoms with Crippen LogP contribution in [-0.2, 0) is 9.53 Å². The van der Waals surface area contributed by atoms with Gasteiger partial charge in [-0.15, -0.1) is 0 Å². The van der Waals surface area contributed by atoms with Crippen LogP contribution in [0.3, 0.4) is 0 Å². The zero-order valence-electron chi connectivity index (χ0n) is 9.69. The van der Waals surface area contributed by atoms with Gasteiger partial charge < -0.3 is 15.6 Å². The van der Waals surface area contributed by atoms with E-state index in [1.165, 1.54) is 0 Å². The van der Waals surface area contributed by atoms with E-state index in [2.05, 4.69) is 0 Å². The van der Waals surface area contributed by atoms with Gasteiger partial charge in [0.1, 0.15) is 5.60 Å². The summed E-state index contributed by atoms with van der Waals surface area (Å²) < 4.78 is 5.27. The number of nitrogens with two attached hydrogens (primary N) is 1. The summed E-state index contributed by atoms with van der Waals surface area (Å²) in [7, 11) is 0. The molecule has 0 radical (unpaired) electrons. The first-order chi connectivity index (χ1) is 6.79. The molecule has 15 heavy (non-hydrogen) atoms. The Morgan fingerprint density at radius 1 is 1.40 bits per heavy atom. The van der Waals surface area contributed by atoms with Crippen LogP contribution in [0.1, 0.15) is 40.0 Å². The summed E-state index contributed by atoms with van der Waals surface area (Å²) in [5, 5.41) is 9.56. The fourth-order valence-corrected chi connectivity index (χ4v) is 1.77. The van der Waals surface area contributed by atoms with Crippen LogP contribution in [0.4, 0.5) is 0 Å². The lowest BCUT2D eigenvalue weighted by Gasteiger charge is -2.31. The number of rotatable bonds is 1. The van der Waals surface area contributed by atoms with Crippen molar-refractivity contribution in [2.75, 3.05) is 0 Å². The number of hydrogen-bond donors (Lipinski definition) is 2. The molecule has 3 atom stereocenters. The molecule has 1 aliphatic rings. The van der Waals surface area contributed by atoms with Gasteiger partial charge in [-0.3, -0.25) is 4.79 Å². The SMILES string of the molecule is CC(C)(C)OC(=O)C1CC[C@@H](N)[C@H](O)C1. The van der Waals surface area contributed by atoms with Gasteiger partial charge in [-0.25, -0.2) is 0 Å². The summed E-state index contributed by atoms with van der Waals surface area (Å²) in [4.78, 5) is 11.7. The van der Waals surface area contributed by atoms with Crippen molar-refractivity contribution >= 4 is 5.97 Å². The highest BCUT2D eigenvalue weighted by molar-refractivity contribution is 5.73. The fourth-order valence-electron chi connectivity index (χ4n) is 1.77. The minimum Gasteiger partial charge on any atom is -0.460 e. The minimum atomic E-state index is -0.573. The number of esters is 1. The van der Waals surface area contributed by atoms with Crippen molar-refractivity contribution in [3.05, 3.63) is 0 Å². The smallest absolute Gasteiger partial charge is 0.309 e. The van der Waals surface area contributed by atoms with Gasteiger partial charge in [0.15, 0.2) is 0 Å². The van der Waals surface area contributed by atoms with Gasteiger partial charge in [0.25, 0.3) is 0 Å². The number of carbonyl (C=O) groups is 1. The molecule has 1 saturated carbocycles. The van der Waals surface area contributed by atoms with Crippen LogP contribution in [0, 0.1) is 5.92 Å². The molecule has 1 unspecified atom stereocenters. The van der Waals surface area contributed by atoms with E-state index in [1.54, 1.807) is 0 Å². The first-order valence-corrected chi connectivity index (χ1v) is 5.46.